The molecule has 2 N–H and O–H groups in total. The second kappa shape index (κ2) is 3.97. The van der Waals surface area contributed by atoms with E-state index in [1.54, 1.807) is 11.3 Å². The van der Waals surface area contributed by atoms with Crippen LogP contribution in [0.4, 0.5) is 0 Å². The molecule has 0 aliphatic heterocycles. The Balaban J connectivity index is 1.99. The van der Waals surface area contributed by atoms with Crippen molar-refractivity contribution in [2.75, 3.05) is 0 Å². The third-order valence-electron chi connectivity index (χ3n) is 2.54. The fourth-order valence-electron chi connectivity index (χ4n) is 1.84. The minimum absolute atomic E-state index is 0.128. The molecule has 0 spiro atoms. The van der Waals surface area contributed by atoms with E-state index >= 15 is 0 Å². The Morgan fingerprint density at radius 3 is 3.18 bits per heavy atom. The standard InChI is InChI=1S/C11H13N5S/c1-8(12)5-15-6-9(14-7-15)10-4-13-11-16(10)2-3-17-11/h2-4,6-8H,5,12H2,1H3. The number of hydrogen-bond acceptors (Lipinski definition) is 4. The molecule has 3 aromatic rings. The van der Waals surface area contributed by atoms with Crippen LogP contribution in [-0.4, -0.2) is 25.0 Å². The highest BCUT2D eigenvalue weighted by Crippen LogP contribution is 2.21. The van der Waals surface area contributed by atoms with E-state index in [9.17, 15) is 0 Å². The zero-order valence-electron chi connectivity index (χ0n) is 9.45. The molecule has 6 heteroatoms. The van der Waals surface area contributed by atoms with Gasteiger partial charge in [0.2, 0.25) is 0 Å². The molecular formula is C11H13N5S. The Bertz CT molecular complexity index is 633. The Labute approximate surface area is 103 Å². The summed E-state index contributed by atoms with van der Waals surface area (Å²) in [5, 5.41) is 2.02. The lowest BCUT2D eigenvalue weighted by molar-refractivity contribution is 0.589. The van der Waals surface area contributed by atoms with E-state index in [1.165, 1.54) is 0 Å². The summed E-state index contributed by atoms with van der Waals surface area (Å²) in [5.41, 5.74) is 7.71. The minimum atomic E-state index is 0.128. The van der Waals surface area contributed by atoms with Gasteiger partial charge in [-0.2, -0.15) is 0 Å². The number of thiazole rings is 1. The van der Waals surface area contributed by atoms with Gasteiger partial charge >= 0.3 is 0 Å². The van der Waals surface area contributed by atoms with Crippen LogP contribution in [0.1, 0.15) is 6.92 Å². The molecular weight excluding hydrogens is 234 g/mol. The molecule has 5 nitrogen and oxygen atoms in total. The quantitative estimate of drug-likeness (QED) is 0.764. The van der Waals surface area contributed by atoms with Crippen molar-refractivity contribution in [1.29, 1.82) is 0 Å². The fraction of sp³-hybridized carbons (Fsp3) is 0.273. The van der Waals surface area contributed by atoms with Gasteiger partial charge in [0, 0.05) is 30.4 Å². The summed E-state index contributed by atoms with van der Waals surface area (Å²) in [4.78, 5) is 9.71. The van der Waals surface area contributed by atoms with Gasteiger partial charge in [0.1, 0.15) is 5.69 Å². The molecule has 1 atom stereocenters. The largest absolute Gasteiger partial charge is 0.335 e. The first-order chi connectivity index (χ1) is 8.24. The molecule has 3 rings (SSSR count). The van der Waals surface area contributed by atoms with Gasteiger partial charge in [-0.05, 0) is 6.92 Å². The van der Waals surface area contributed by atoms with Crippen molar-refractivity contribution >= 4 is 16.3 Å². The number of fused-ring (bicyclic) bond motifs is 1. The van der Waals surface area contributed by atoms with E-state index in [4.69, 9.17) is 5.73 Å². The number of imidazole rings is 2. The normalized spacial score (nSPS) is 13.3. The second-order valence-electron chi connectivity index (χ2n) is 4.13. The lowest BCUT2D eigenvalue weighted by Crippen LogP contribution is -2.21. The Kier molecular flexibility index (Phi) is 2.45. The van der Waals surface area contributed by atoms with Crippen molar-refractivity contribution < 1.29 is 0 Å². The maximum Gasteiger partial charge on any atom is 0.194 e. The molecule has 0 bridgehead atoms. The van der Waals surface area contributed by atoms with Gasteiger partial charge in [0.25, 0.3) is 0 Å². The molecule has 0 saturated heterocycles. The molecule has 0 amide bonds. The van der Waals surface area contributed by atoms with Crippen molar-refractivity contribution in [3.8, 4) is 11.4 Å². The predicted molar refractivity (Wildman–Crippen MR) is 67.9 cm³/mol. The van der Waals surface area contributed by atoms with Gasteiger partial charge in [0.05, 0.1) is 18.2 Å². The van der Waals surface area contributed by atoms with Crippen molar-refractivity contribution in [2.24, 2.45) is 5.73 Å². The number of nitrogens with zero attached hydrogens (tertiary/aromatic N) is 4. The van der Waals surface area contributed by atoms with E-state index < -0.39 is 0 Å². The summed E-state index contributed by atoms with van der Waals surface area (Å²) in [6.45, 7) is 2.76. The maximum atomic E-state index is 5.76. The van der Waals surface area contributed by atoms with Crippen LogP contribution in [0.5, 0.6) is 0 Å². The van der Waals surface area contributed by atoms with Crippen LogP contribution in [0.2, 0.25) is 0 Å². The van der Waals surface area contributed by atoms with E-state index in [2.05, 4.69) is 9.97 Å². The highest BCUT2D eigenvalue weighted by Gasteiger charge is 2.09. The van der Waals surface area contributed by atoms with Crippen LogP contribution in [0.3, 0.4) is 0 Å². The lowest BCUT2D eigenvalue weighted by atomic mass is 10.3. The smallest absolute Gasteiger partial charge is 0.194 e. The van der Waals surface area contributed by atoms with E-state index in [0.29, 0.717) is 0 Å². The molecule has 88 valence electrons. The number of nitrogens with two attached hydrogens (primary N) is 1. The first-order valence-electron chi connectivity index (χ1n) is 5.42. The summed E-state index contributed by atoms with van der Waals surface area (Å²) in [6, 6.07) is 0.128. The van der Waals surface area contributed by atoms with Gasteiger partial charge in [-0.1, -0.05) is 0 Å². The van der Waals surface area contributed by atoms with Crippen LogP contribution in [0, 0.1) is 0 Å². The summed E-state index contributed by atoms with van der Waals surface area (Å²) >= 11 is 1.62. The molecule has 17 heavy (non-hydrogen) atoms. The van der Waals surface area contributed by atoms with E-state index in [1.807, 2.05) is 46.2 Å². The lowest BCUT2D eigenvalue weighted by Gasteiger charge is -2.04. The van der Waals surface area contributed by atoms with Crippen molar-refractivity contribution in [2.45, 2.75) is 19.5 Å². The maximum absolute atomic E-state index is 5.76. The monoisotopic (exact) mass is 247 g/mol. The summed E-state index contributed by atoms with van der Waals surface area (Å²) in [6.07, 6.45) is 7.67. The van der Waals surface area contributed by atoms with Crippen molar-refractivity contribution in [3.05, 3.63) is 30.3 Å². The number of aromatic nitrogens is 4. The topological polar surface area (TPSA) is 61.1 Å². The molecule has 0 radical (unpaired) electrons. The van der Waals surface area contributed by atoms with Crippen LogP contribution in [-0.2, 0) is 6.54 Å². The van der Waals surface area contributed by atoms with Gasteiger partial charge in [-0.3, -0.25) is 4.40 Å². The summed E-state index contributed by atoms with van der Waals surface area (Å²) in [7, 11) is 0. The zero-order valence-corrected chi connectivity index (χ0v) is 10.3. The summed E-state index contributed by atoms with van der Waals surface area (Å²) < 4.78 is 4.05. The first kappa shape index (κ1) is 10.5. The molecule has 3 aromatic heterocycles. The molecule has 0 aromatic carbocycles. The average Bonchev–Trinajstić information content (AvgIpc) is 2.89. The zero-order chi connectivity index (χ0) is 11.8. The Morgan fingerprint density at radius 2 is 2.35 bits per heavy atom. The molecule has 0 saturated carbocycles. The predicted octanol–water partition coefficient (Wildman–Crippen LogP) is 1.61. The molecule has 0 aliphatic carbocycles. The molecule has 0 fully saturated rings. The average molecular weight is 247 g/mol. The van der Waals surface area contributed by atoms with Crippen molar-refractivity contribution in [3.63, 3.8) is 0 Å². The number of hydrogen-bond donors (Lipinski definition) is 1. The fourth-order valence-corrected chi connectivity index (χ4v) is 2.53. The number of rotatable bonds is 3. The molecule has 1 unspecified atom stereocenters. The third kappa shape index (κ3) is 1.85. The van der Waals surface area contributed by atoms with Crippen LogP contribution in [0.25, 0.3) is 16.3 Å². The van der Waals surface area contributed by atoms with Gasteiger partial charge < -0.3 is 10.3 Å². The van der Waals surface area contributed by atoms with Gasteiger partial charge in [-0.15, -0.1) is 11.3 Å². The van der Waals surface area contributed by atoms with Crippen LogP contribution in [0.15, 0.2) is 30.3 Å². The highest BCUT2D eigenvalue weighted by atomic mass is 32.1. The van der Waals surface area contributed by atoms with E-state index in [0.717, 1.165) is 22.9 Å². The molecule has 0 aliphatic rings. The molecule has 3 heterocycles. The van der Waals surface area contributed by atoms with Gasteiger partial charge in [0.15, 0.2) is 4.96 Å². The summed E-state index contributed by atoms with van der Waals surface area (Å²) in [5.74, 6) is 0. The Hall–Kier alpha value is -1.66. The second-order valence-corrected chi connectivity index (χ2v) is 5.01. The minimum Gasteiger partial charge on any atom is -0.335 e. The van der Waals surface area contributed by atoms with Gasteiger partial charge in [-0.25, -0.2) is 9.97 Å². The first-order valence-corrected chi connectivity index (χ1v) is 6.30. The highest BCUT2D eigenvalue weighted by molar-refractivity contribution is 7.15. The SMILES string of the molecule is CC(N)Cn1cnc(-c2cnc3sccn23)c1. The Morgan fingerprint density at radius 1 is 1.47 bits per heavy atom. The van der Waals surface area contributed by atoms with Crippen molar-refractivity contribution in [1.82, 2.24) is 18.9 Å². The third-order valence-corrected chi connectivity index (χ3v) is 3.31. The van der Waals surface area contributed by atoms with Crippen LogP contribution < -0.4 is 5.73 Å². The van der Waals surface area contributed by atoms with E-state index in [-0.39, 0.29) is 6.04 Å². The van der Waals surface area contributed by atoms with Crippen LogP contribution >= 0.6 is 11.3 Å².